The molecule has 0 saturated carbocycles. The summed E-state index contributed by atoms with van der Waals surface area (Å²) in [6, 6.07) is 1.17. The molecule has 0 saturated heterocycles. The minimum Gasteiger partial charge on any atom is -0.489 e. The number of ether oxygens (including phenoxy) is 1. The lowest BCUT2D eigenvalue weighted by molar-refractivity contribution is -0.119. The van der Waals surface area contributed by atoms with Crippen molar-refractivity contribution in [2.75, 3.05) is 37.5 Å². The lowest BCUT2D eigenvalue weighted by Gasteiger charge is -2.18. The molecular weight excluding hydrogens is 220 g/mol. The van der Waals surface area contributed by atoms with Crippen LogP contribution in [-0.4, -0.2) is 44.7 Å². The largest absolute Gasteiger partial charge is 0.489 e. The van der Waals surface area contributed by atoms with Gasteiger partial charge in [-0.1, -0.05) is 0 Å². The Kier molecular flexibility index (Phi) is 2.89. The van der Waals surface area contributed by atoms with Gasteiger partial charge in [-0.15, -0.1) is 0 Å². The van der Waals surface area contributed by atoms with Gasteiger partial charge in [0, 0.05) is 27.2 Å². The normalized spacial score (nSPS) is 19.4. The van der Waals surface area contributed by atoms with E-state index in [1.807, 2.05) is 19.0 Å². The van der Waals surface area contributed by atoms with Crippen molar-refractivity contribution in [1.82, 2.24) is 4.98 Å². The Morgan fingerprint density at radius 1 is 1.59 bits per heavy atom. The molecule has 1 aromatic rings. The predicted molar refractivity (Wildman–Crippen MR) is 65.4 cm³/mol. The van der Waals surface area contributed by atoms with Gasteiger partial charge in [0.25, 0.3) is 0 Å². The smallest absolute Gasteiger partial charge is 0.247 e. The molecule has 0 radical (unpaired) electrons. The number of aromatic nitrogens is 1. The molecule has 0 unspecified atom stereocenters. The maximum absolute atomic E-state index is 11.8. The van der Waals surface area contributed by atoms with E-state index in [-0.39, 0.29) is 12.5 Å². The summed E-state index contributed by atoms with van der Waals surface area (Å²) in [4.78, 5) is 19.4. The topological polar surface area (TPSA) is 71.7 Å². The molecule has 0 aromatic carbocycles. The van der Waals surface area contributed by atoms with Gasteiger partial charge in [-0.25, -0.2) is 4.98 Å². The zero-order valence-corrected chi connectivity index (χ0v) is 10.2. The molecule has 2 heterocycles. The van der Waals surface area contributed by atoms with Crippen molar-refractivity contribution in [2.24, 2.45) is 5.73 Å². The Morgan fingerprint density at radius 2 is 2.29 bits per heavy atom. The van der Waals surface area contributed by atoms with Crippen molar-refractivity contribution in [3.63, 3.8) is 0 Å². The summed E-state index contributed by atoms with van der Waals surface area (Å²) in [6.45, 7) is 0.188. The molecule has 6 heteroatoms. The fourth-order valence-electron chi connectivity index (χ4n) is 1.65. The Labute approximate surface area is 100.0 Å². The van der Waals surface area contributed by atoms with Crippen molar-refractivity contribution < 1.29 is 9.53 Å². The second-order valence-corrected chi connectivity index (χ2v) is 4.22. The van der Waals surface area contributed by atoms with Gasteiger partial charge in [0.15, 0.2) is 0 Å². The molecule has 2 N–H and O–H groups in total. The zero-order chi connectivity index (χ0) is 12.6. The summed E-state index contributed by atoms with van der Waals surface area (Å²) in [6.07, 6.45) is 1.63. The summed E-state index contributed by atoms with van der Waals surface area (Å²) in [5.74, 6) is 1.25. The van der Waals surface area contributed by atoms with E-state index in [0.29, 0.717) is 11.4 Å². The van der Waals surface area contributed by atoms with E-state index in [9.17, 15) is 4.79 Å². The SMILES string of the molecule is CN(C)c1cc2c(cn1)N(C)C(=O)[C@@H](N)CO2. The third kappa shape index (κ3) is 2.03. The number of hydrogen-bond acceptors (Lipinski definition) is 5. The molecule has 0 bridgehead atoms. The minimum atomic E-state index is -0.629. The van der Waals surface area contributed by atoms with Gasteiger partial charge in [-0.05, 0) is 0 Å². The summed E-state index contributed by atoms with van der Waals surface area (Å²) in [5, 5.41) is 0. The summed E-state index contributed by atoms with van der Waals surface area (Å²) in [5.41, 5.74) is 6.35. The second-order valence-electron chi connectivity index (χ2n) is 4.22. The highest BCUT2D eigenvalue weighted by Gasteiger charge is 2.27. The Bertz CT molecular complexity index is 447. The number of fused-ring (bicyclic) bond motifs is 1. The average molecular weight is 236 g/mol. The van der Waals surface area contributed by atoms with Crippen molar-refractivity contribution in [1.29, 1.82) is 0 Å². The first-order chi connectivity index (χ1) is 8.00. The maximum Gasteiger partial charge on any atom is 0.247 e. The van der Waals surface area contributed by atoms with Crippen LogP contribution < -0.4 is 20.3 Å². The van der Waals surface area contributed by atoms with Gasteiger partial charge in [0.2, 0.25) is 5.91 Å². The molecule has 2 rings (SSSR count). The third-order valence-corrected chi connectivity index (χ3v) is 2.72. The summed E-state index contributed by atoms with van der Waals surface area (Å²) < 4.78 is 5.54. The van der Waals surface area contributed by atoms with Crippen LogP contribution in [0.2, 0.25) is 0 Å². The molecule has 92 valence electrons. The molecule has 0 spiro atoms. The number of hydrogen-bond donors (Lipinski definition) is 1. The first kappa shape index (κ1) is 11.7. The molecule has 1 amide bonds. The predicted octanol–water partition coefficient (Wildman–Crippen LogP) is -0.170. The van der Waals surface area contributed by atoms with E-state index in [4.69, 9.17) is 10.5 Å². The van der Waals surface area contributed by atoms with Gasteiger partial charge in [0.1, 0.15) is 29.9 Å². The van der Waals surface area contributed by atoms with Crippen LogP contribution in [0, 0.1) is 0 Å². The van der Waals surface area contributed by atoms with Crippen LogP contribution in [0.15, 0.2) is 12.3 Å². The first-order valence-electron chi connectivity index (χ1n) is 5.34. The highest BCUT2D eigenvalue weighted by molar-refractivity contribution is 5.98. The van der Waals surface area contributed by atoms with Crippen LogP contribution >= 0.6 is 0 Å². The third-order valence-electron chi connectivity index (χ3n) is 2.72. The van der Waals surface area contributed by atoms with E-state index in [1.54, 1.807) is 19.3 Å². The second kappa shape index (κ2) is 4.21. The van der Waals surface area contributed by atoms with Crippen LogP contribution in [0.3, 0.4) is 0 Å². The van der Waals surface area contributed by atoms with Gasteiger partial charge < -0.3 is 20.3 Å². The van der Waals surface area contributed by atoms with E-state index >= 15 is 0 Å². The molecule has 6 nitrogen and oxygen atoms in total. The highest BCUT2D eigenvalue weighted by Crippen LogP contribution is 2.31. The summed E-state index contributed by atoms with van der Waals surface area (Å²) >= 11 is 0. The fourth-order valence-corrected chi connectivity index (χ4v) is 1.65. The highest BCUT2D eigenvalue weighted by atomic mass is 16.5. The Morgan fingerprint density at radius 3 is 2.94 bits per heavy atom. The molecule has 1 aromatic heterocycles. The first-order valence-corrected chi connectivity index (χ1v) is 5.34. The molecule has 17 heavy (non-hydrogen) atoms. The van der Waals surface area contributed by atoms with Gasteiger partial charge in [0.05, 0.1) is 6.20 Å². The van der Waals surface area contributed by atoms with E-state index in [0.717, 1.165) is 5.82 Å². The number of nitrogens with zero attached hydrogens (tertiary/aromatic N) is 3. The monoisotopic (exact) mass is 236 g/mol. The van der Waals surface area contributed by atoms with Crippen LogP contribution in [0.5, 0.6) is 5.75 Å². The number of nitrogens with two attached hydrogens (primary N) is 1. The summed E-state index contributed by atoms with van der Waals surface area (Å²) in [7, 11) is 5.46. The minimum absolute atomic E-state index is 0.164. The number of carbonyl (C=O) groups excluding carboxylic acids is 1. The van der Waals surface area contributed by atoms with E-state index in [2.05, 4.69) is 4.98 Å². The molecule has 0 aliphatic carbocycles. The lowest BCUT2D eigenvalue weighted by atomic mass is 10.3. The standard InChI is InChI=1S/C11H16N4O2/c1-14(2)10-4-9-8(5-13-10)15(3)11(16)7(12)6-17-9/h4-5,7H,6,12H2,1-3H3/t7-/m0/s1. The van der Waals surface area contributed by atoms with Crippen LogP contribution in [-0.2, 0) is 4.79 Å². The molecule has 0 fully saturated rings. The molecule has 1 atom stereocenters. The van der Waals surface area contributed by atoms with Gasteiger partial charge >= 0.3 is 0 Å². The van der Waals surface area contributed by atoms with Gasteiger partial charge in [-0.2, -0.15) is 0 Å². The molecule has 1 aliphatic heterocycles. The van der Waals surface area contributed by atoms with Crippen LogP contribution in [0.1, 0.15) is 0 Å². The Balaban J connectivity index is 2.43. The van der Waals surface area contributed by atoms with Crippen molar-refractivity contribution in [2.45, 2.75) is 6.04 Å². The molecule has 1 aliphatic rings. The molecular formula is C11H16N4O2. The van der Waals surface area contributed by atoms with Crippen molar-refractivity contribution in [3.8, 4) is 5.75 Å². The number of rotatable bonds is 1. The average Bonchev–Trinajstić information content (AvgIpc) is 2.42. The number of carbonyl (C=O) groups is 1. The quantitative estimate of drug-likeness (QED) is 0.733. The van der Waals surface area contributed by atoms with Crippen LogP contribution in [0.25, 0.3) is 0 Å². The van der Waals surface area contributed by atoms with Crippen LogP contribution in [0.4, 0.5) is 11.5 Å². The van der Waals surface area contributed by atoms with E-state index < -0.39 is 6.04 Å². The Hall–Kier alpha value is -1.82. The maximum atomic E-state index is 11.8. The number of pyridine rings is 1. The zero-order valence-electron chi connectivity index (χ0n) is 10.2. The van der Waals surface area contributed by atoms with Gasteiger partial charge in [-0.3, -0.25) is 4.79 Å². The lowest BCUT2D eigenvalue weighted by Crippen LogP contribution is -2.43. The van der Waals surface area contributed by atoms with Crippen molar-refractivity contribution in [3.05, 3.63) is 12.3 Å². The number of likely N-dealkylation sites (N-methyl/N-ethyl adjacent to an activating group) is 1. The number of amides is 1. The van der Waals surface area contributed by atoms with Crippen molar-refractivity contribution >= 4 is 17.4 Å². The number of anilines is 2. The fraction of sp³-hybridized carbons (Fsp3) is 0.455. The van der Waals surface area contributed by atoms with E-state index in [1.165, 1.54) is 4.90 Å².